The molecule has 0 aliphatic carbocycles. The molecule has 2 aromatic carbocycles. The quantitative estimate of drug-likeness (QED) is 0.232. The number of benzene rings is 2. The number of ether oxygens (including phenoxy) is 1. The highest BCUT2D eigenvalue weighted by atomic mass is 16.5. The molecule has 5 aromatic rings. The van der Waals surface area contributed by atoms with Crippen LogP contribution in [0.3, 0.4) is 0 Å². The molecule has 3 atom stereocenters. The van der Waals surface area contributed by atoms with Crippen LogP contribution in [0.25, 0.3) is 22.3 Å². The average Bonchev–Trinajstić information content (AvgIpc) is 4.04. The second-order valence-corrected chi connectivity index (χ2v) is 18.1. The Balaban J connectivity index is 0.771. The third-order valence-corrected chi connectivity index (χ3v) is 13.5. The van der Waals surface area contributed by atoms with Crippen molar-refractivity contribution in [3.63, 3.8) is 0 Å². The minimum atomic E-state index is -0.976. The number of anilines is 2. The van der Waals surface area contributed by atoms with Crippen LogP contribution in [-0.4, -0.2) is 127 Å². The number of pyridine rings is 1. The van der Waals surface area contributed by atoms with E-state index in [1.54, 1.807) is 35.1 Å². The smallest absolute Gasteiger partial charge is 0.262 e. The number of carbonyl (C=O) groups excluding carboxylic acids is 5. The highest BCUT2D eigenvalue weighted by Gasteiger charge is 2.45. The number of hydrogen-bond acceptors (Lipinski definition) is 12. The fourth-order valence-electron chi connectivity index (χ4n) is 10.1. The van der Waals surface area contributed by atoms with Crippen molar-refractivity contribution in [3.05, 3.63) is 82.7 Å². The molecule has 10 rings (SSSR count). The van der Waals surface area contributed by atoms with Crippen LogP contribution >= 0.6 is 0 Å². The molecule has 17 heteroatoms. The van der Waals surface area contributed by atoms with Crippen LogP contribution in [0, 0.1) is 18.8 Å². The zero-order valence-corrected chi connectivity index (χ0v) is 36.5. The fourth-order valence-corrected chi connectivity index (χ4v) is 10.1. The van der Waals surface area contributed by atoms with Crippen molar-refractivity contribution in [2.45, 2.75) is 65.1 Å². The lowest BCUT2D eigenvalue weighted by molar-refractivity contribution is -0.136. The van der Waals surface area contributed by atoms with Gasteiger partial charge in [-0.3, -0.25) is 49.4 Å². The van der Waals surface area contributed by atoms with E-state index in [1.807, 2.05) is 20.0 Å². The maximum Gasteiger partial charge on any atom is 0.262 e. The molecule has 332 valence electrons. The molecule has 3 saturated heterocycles. The number of imidazole rings is 1. The number of piperazine rings is 1. The van der Waals surface area contributed by atoms with Crippen molar-refractivity contribution < 1.29 is 28.7 Å². The molecule has 0 saturated carbocycles. The van der Waals surface area contributed by atoms with E-state index in [9.17, 15) is 24.0 Å². The average molecular weight is 868 g/mol. The van der Waals surface area contributed by atoms with Crippen LogP contribution in [0.2, 0.25) is 0 Å². The van der Waals surface area contributed by atoms with Crippen LogP contribution in [-0.2, 0) is 29.7 Å². The van der Waals surface area contributed by atoms with E-state index in [4.69, 9.17) is 14.7 Å². The Bertz CT molecular complexity index is 2700. The van der Waals surface area contributed by atoms with Crippen LogP contribution in [0.15, 0.2) is 54.7 Å². The first-order chi connectivity index (χ1) is 30.9. The van der Waals surface area contributed by atoms with Crippen LogP contribution in [0.4, 0.5) is 11.6 Å². The Labute approximate surface area is 370 Å². The Morgan fingerprint density at radius 3 is 2.45 bits per heavy atom. The number of hydrogen-bond donors (Lipinski definition) is 2. The molecule has 3 aromatic heterocycles. The Hall–Kier alpha value is -6.46. The first-order valence-electron chi connectivity index (χ1n) is 22.5. The summed E-state index contributed by atoms with van der Waals surface area (Å²) in [6.07, 6.45) is 4.78. The van der Waals surface area contributed by atoms with Crippen molar-refractivity contribution in [1.29, 1.82) is 0 Å². The molecule has 5 amide bonds. The van der Waals surface area contributed by atoms with Gasteiger partial charge in [0.05, 0.1) is 46.2 Å². The molecule has 17 nitrogen and oxygen atoms in total. The Morgan fingerprint density at radius 1 is 0.812 bits per heavy atom. The summed E-state index contributed by atoms with van der Waals surface area (Å²) >= 11 is 0. The van der Waals surface area contributed by atoms with Gasteiger partial charge in [0.15, 0.2) is 0 Å². The molecular weight excluding hydrogens is 815 g/mol. The van der Waals surface area contributed by atoms with Gasteiger partial charge < -0.3 is 19.1 Å². The zero-order valence-electron chi connectivity index (χ0n) is 36.5. The lowest BCUT2D eigenvalue weighted by Crippen LogP contribution is -2.54. The molecule has 1 unspecified atom stereocenters. The normalized spacial score (nSPS) is 22.4. The lowest BCUT2D eigenvalue weighted by Gasteiger charge is -2.36. The summed E-state index contributed by atoms with van der Waals surface area (Å²) in [4.78, 5) is 82.8. The molecule has 5 aliphatic rings. The minimum Gasteiger partial charge on any atom is -0.477 e. The summed E-state index contributed by atoms with van der Waals surface area (Å²) in [7, 11) is 1.85. The maximum absolute atomic E-state index is 13.9. The van der Waals surface area contributed by atoms with Gasteiger partial charge in [0, 0.05) is 89.3 Å². The number of amides is 5. The summed E-state index contributed by atoms with van der Waals surface area (Å²) in [5.41, 5.74) is 7.15. The highest BCUT2D eigenvalue weighted by molar-refractivity contribution is 6.23. The molecular formula is C47H53N11O6. The van der Waals surface area contributed by atoms with Gasteiger partial charge in [0.25, 0.3) is 17.7 Å². The van der Waals surface area contributed by atoms with Crippen molar-refractivity contribution in [2.75, 3.05) is 62.6 Å². The monoisotopic (exact) mass is 867 g/mol. The van der Waals surface area contributed by atoms with Gasteiger partial charge in [-0.15, -0.1) is 0 Å². The van der Waals surface area contributed by atoms with Crippen molar-refractivity contribution in [2.24, 2.45) is 18.9 Å². The van der Waals surface area contributed by atoms with Crippen LogP contribution in [0.1, 0.15) is 81.4 Å². The molecule has 0 radical (unpaired) electrons. The first kappa shape index (κ1) is 41.5. The van der Waals surface area contributed by atoms with E-state index in [2.05, 4.69) is 60.1 Å². The van der Waals surface area contributed by atoms with E-state index >= 15 is 0 Å². The van der Waals surface area contributed by atoms with Crippen molar-refractivity contribution >= 4 is 52.2 Å². The second-order valence-electron chi connectivity index (χ2n) is 18.1. The maximum atomic E-state index is 13.9. The third-order valence-electron chi connectivity index (χ3n) is 13.5. The van der Waals surface area contributed by atoms with Gasteiger partial charge in [-0.2, -0.15) is 5.10 Å². The van der Waals surface area contributed by atoms with E-state index in [0.29, 0.717) is 64.9 Å². The number of imide groups is 2. The van der Waals surface area contributed by atoms with Crippen molar-refractivity contribution in [3.8, 4) is 17.1 Å². The summed E-state index contributed by atoms with van der Waals surface area (Å²) in [5.74, 6) is -0.283. The van der Waals surface area contributed by atoms with E-state index in [-0.39, 0.29) is 18.7 Å². The zero-order chi connectivity index (χ0) is 44.2. The number of carbonyl (C=O) groups is 5. The van der Waals surface area contributed by atoms with E-state index < -0.39 is 29.7 Å². The van der Waals surface area contributed by atoms with Crippen LogP contribution in [0.5, 0.6) is 5.88 Å². The molecule has 2 N–H and O–H groups in total. The fraction of sp³-hybridized carbons (Fsp3) is 0.447. The summed E-state index contributed by atoms with van der Waals surface area (Å²) in [6.45, 7) is 12.7. The minimum absolute atomic E-state index is 0.0915. The van der Waals surface area contributed by atoms with Gasteiger partial charge in [0.1, 0.15) is 6.04 Å². The standard InChI is InChI=1S/C47H53N11O6/c1-28-5-4-18-64-46-36(23-48-53(46)3)38-21-32(19-29(2)49-38)42(60)52-47-50-37-9-6-30(20-40(37)57(47)24-28)25-54-14-16-55(17-15-54)26-31-12-13-56(27-31)33-7-8-34-35(22-33)45(63)58(44(34)62)39-10-11-41(59)51-43(39)61/h6-9,19-23,28,31,39H,4-5,10-18,24-27H2,1-3H3,(H,50,52,60)(H,51,59,61)/t28-,31+,39?/m1/s1. The summed E-state index contributed by atoms with van der Waals surface area (Å²) in [5, 5.41) is 9.82. The van der Waals surface area contributed by atoms with Gasteiger partial charge in [-0.1, -0.05) is 13.0 Å². The highest BCUT2D eigenvalue weighted by Crippen LogP contribution is 2.34. The first-order valence-corrected chi connectivity index (χ1v) is 22.5. The Kier molecular flexibility index (Phi) is 11.0. The van der Waals surface area contributed by atoms with Gasteiger partial charge in [-0.05, 0) is 92.5 Å². The largest absolute Gasteiger partial charge is 0.477 e. The second kappa shape index (κ2) is 16.9. The van der Waals surface area contributed by atoms with Crippen LogP contribution < -0.4 is 20.3 Å². The number of nitrogens with one attached hydrogen (secondary N) is 2. The Morgan fingerprint density at radius 2 is 1.62 bits per heavy atom. The number of fused-ring (bicyclic) bond motifs is 8. The van der Waals surface area contributed by atoms with Gasteiger partial charge in [-0.25, -0.2) is 9.67 Å². The molecule has 8 heterocycles. The summed E-state index contributed by atoms with van der Waals surface area (Å²) < 4.78 is 10.1. The summed E-state index contributed by atoms with van der Waals surface area (Å²) in [6, 6.07) is 14.4. The predicted octanol–water partition coefficient (Wildman–Crippen LogP) is 4.25. The number of piperidine rings is 1. The number of aryl methyl sites for hydroxylation is 2. The number of rotatable bonds is 6. The predicted molar refractivity (Wildman–Crippen MR) is 238 cm³/mol. The molecule has 2 bridgehead atoms. The lowest BCUT2D eigenvalue weighted by atomic mass is 10.0. The third kappa shape index (κ3) is 8.02. The van der Waals surface area contributed by atoms with Gasteiger partial charge >= 0.3 is 0 Å². The molecule has 5 aliphatic heterocycles. The molecule has 0 spiro atoms. The molecule has 64 heavy (non-hydrogen) atoms. The van der Waals surface area contributed by atoms with E-state index in [0.717, 1.165) is 98.8 Å². The number of aromatic nitrogens is 5. The molecule has 3 fully saturated rings. The SMILES string of the molecule is Cc1cc2cc(n1)-c1cnn(C)c1OCCC[C@@H](C)Cn1c(nc3ccc(CN4CCN(C[C@@H]5CCN(c6ccc7c(c6)C(=O)N(C6CCC(=O)NC6=O)C7=O)C5)CC4)cc31)NC2=O. The van der Waals surface area contributed by atoms with Crippen molar-refractivity contribution in [1.82, 2.24) is 44.3 Å². The van der Waals surface area contributed by atoms with Gasteiger partial charge in [0.2, 0.25) is 23.6 Å². The van der Waals surface area contributed by atoms with E-state index in [1.165, 1.54) is 5.56 Å². The topological polar surface area (TPSA) is 180 Å². The number of nitrogens with zero attached hydrogens (tertiary/aromatic N) is 9.